The summed E-state index contributed by atoms with van der Waals surface area (Å²) in [6.07, 6.45) is 0. The highest BCUT2D eigenvalue weighted by Gasteiger charge is 2.59. The molecule has 2 aliphatic rings. The molecule has 0 spiro atoms. The third-order valence-corrected chi connectivity index (χ3v) is 9.24. The zero-order valence-corrected chi connectivity index (χ0v) is 16.6. The van der Waals surface area contributed by atoms with Gasteiger partial charge in [0, 0.05) is 20.8 Å². The van der Waals surface area contributed by atoms with Crippen LogP contribution in [0, 0.1) is 0 Å². The van der Waals surface area contributed by atoms with E-state index in [2.05, 4.69) is 76.0 Å². The average molecular weight is 413 g/mol. The van der Waals surface area contributed by atoms with Crippen molar-refractivity contribution in [2.24, 2.45) is 0 Å². The molecule has 2 nitrogen and oxygen atoms in total. The number of amides is 1. The molecule has 0 aromatic rings. The van der Waals surface area contributed by atoms with Crippen molar-refractivity contribution in [1.29, 1.82) is 0 Å². The Morgan fingerprint density at radius 2 is 1.63 bits per heavy atom. The summed E-state index contributed by atoms with van der Waals surface area (Å²) < 4.78 is 0.208. The van der Waals surface area contributed by atoms with Crippen LogP contribution in [-0.2, 0) is 4.79 Å². The van der Waals surface area contributed by atoms with Crippen LogP contribution in [0.4, 0.5) is 0 Å². The summed E-state index contributed by atoms with van der Waals surface area (Å²) in [5.41, 5.74) is 0. The van der Waals surface area contributed by atoms with Gasteiger partial charge in [0.2, 0.25) is 5.91 Å². The van der Waals surface area contributed by atoms with Crippen molar-refractivity contribution in [3.8, 4) is 0 Å². The number of hydrogen-bond donors (Lipinski definition) is 0. The van der Waals surface area contributed by atoms with Gasteiger partial charge in [0.25, 0.3) is 0 Å². The molecule has 0 aromatic heterocycles. The van der Waals surface area contributed by atoms with Crippen LogP contribution in [-0.4, -0.2) is 40.4 Å². The quantitative estimate of drug-likeness (QED) is 0.366. The molecule has 0 bridgehead atoms. The SMILES string of the molecule is CC1C2SC(C)(C)C(C)(C)SC2C(=O)N1C(C)(C)I. The molecular weight excluding hydrogens is 389 g/mol. The molecule has 19 heavy (non-hydrogen) atoms. The summed E-state index contributed by atoms with van der Waals surface area (Å²) in [6, 6.07) is 0.317. The highest BCUT2D eigenvalue weighted by Crippen LogP contribution is 2.58. The standard InChI is InChI=1S/C14H24INOS2/c1-8-9-10(11(17)16(8)14(6,7)15)19-13(4,5)12(2,3)18-9/h8-10H,1-7H3. The van der Waals surface area contributed by atoms with E-state index in [1.54, 1.807) is 0 Å². The minimum absolute atomic E-state index is 0.110. The molecule has 2 heterocycles. The first-order valence-corrected chi connectivity index (χ1v) is 9.60. The minimum atomic E-state index is -0.110. The fraction of sp³-hybridized carbons (Fsp3) is 0.929. The molecule has 0 aliphatic carbocycles. The van der Waals surface area contributed by atoms with Crippen LogP contribution in [0.15, 0.2) is 0 Å². The van der Waals surface area contributed by atoms with Crippen LogP contribution < -0.4 is 0 Å². The zero-order valence-electron chi connectivity index (χ0n) is 12.8. The molecule has 0 N–H and O–H groups in total. The third-order valence-electron chi connectivity index (χ3n) is 4.54. The first kappa shape index (κ1) is 16.3. The minimum Gasteiger partial charge on any atom is -0.324 e. The van der Waals surface area contributed by atoms with Crippen molar-refractivity contribution >= 4 is 52.0 Å². The van der Waals surface area contributed by atoms with Crippen molar-refractivity contribution in [3.05, 3.63) is 0 Å². The molecule has 0 saturated carbocycles. The van der Waals surface area contributed by atoms with Gasteiger partial charge in [-0.2, -0.15) is 0 Å². The van der Waals surface area contributed by atoms with Crippen LogP contribution in [0.5, 0.6) is 0 Å². The predicted molar refractivity (Wildman–Crippen MR) is 95.3 cm³/mol. The molecule has 2 fully saturated rings. The van der Waals surface area contributed by atoms with Gasteiger partial charge >= 0.3 is 0 Å². The van der Waals surface area contributed by atoms with Crippen LogP contribution in [0.1, 0.15) is 48.5 Å². The van der Waals surface area contributed by atoms with E-state index in [4.69, 9.17) is 0 Å². The van der Waals surface area contributed by atoms with E-state index < -0.39 is 0 Å². The first-order chi connectivity index (χ1) is 8.38. The number of hydrogen-bond acceptors (Lipinski definition) is 3. The smallest absolute Gasteiger partial charge is 0.238 e. The summed E-state index contributed by atoms with van der Waals surface area (Å²) in [7, 11) is 0. The predicted octanol–water partition coefficient (Wildman–Crippen LogP) is 4.16. The molecule has 2 saturated heterocycles. The summed E-state index contributed by atoms with van der Waals surface area (Å²) in [6.45, 7) is 15.7. The molecular formula is C14H24INOS2. The number of carbonyl (C=O) groups excluding carboxylic acids is 1. The Kier molecular flexibility index (Phi) is 4.02. The van der Waals surface area contributed by atoms with Gasteiger partial charge in [-0.3, -0.25) is 4.79 Å². The maximum atomic E-state index is 12.8. The van der Waals surface area contributed by atoms with Crippen LogP contribution in [0.2, 0.25) is 0 Å². The Labute approximate surface area is 139 Å². The number of alkyl halides is 1. The molecule has 2 aliphatic heterocycles. The van der Waals surface area contributed by atoms with Crippen LogP contribution >= 0.6 is 46.1 Å². The van der Waals surface area contributed by atoms with Crippen molar-refractivity contribution in [2.75, 3.05) is 0 Å². The zero-order chi connectivity index (χ0) is 14.8. The lowest BCUT2D eigenvalue weighted by Gasteiger charge is -2.49. The number of fused-ring (bicyclic) bond motifs is 1. The molecule has 0 aromatic carbocycles. The topological polar surface area (TPSA) is 20.3 Å². The highest BCUT2D eigenvalue weighted by molar-refractivity contribution is 14.1. The van der Waals surface area contributed by atoms with Gasteiger partial charge in [0.05, 0.1) is 8.80 Å². The maximum Gasteiger partial charge on any atom is 0.238 e. The molecule has 1 amide bonds. The third kappa shape index (κ3) is 2.56. The molecule has 0 radical (unpaired) electrons. The van der Waals surface area contributed by atoms with Gasteiger partial charge in [0.15, 0.2) is 0 Å². The second-order valence-electron chi connectivity index (χ2n) is 7.00. The largest absolute Gasteiger partial charge is 0.324 e. The lowest BCUT2D eigenvalue weighted by atomic mass is 9.98. The van der Waals surface area contributed by atoms with Gasteiger partial charge in [-0.25, -0.2) is 0 Å². The Bertz CT molecular complexity index is 403. The second kappa shape index (κ2) is 4.70. The Hall–Kier alpha value is 0.900. The van der Waals surface area contributed by atoms with Gasteiger partial charge in [-0.15, -0.1) is 23.5 Å². The van der Waals surface area contributed by atoms with Crippen molar-refractivity contribution in [1.82, 2.24) is 4.90 Å². The summed E-state index contributed by atoms with van der Waals surface area (Å²) >= 11 is 6.28. The second-order valence-corrected chi connectivity index (χ2v) is 13.2. The number of carbonyl (C=O) groups is 1. The first-order valence-electron chi connectivity index (χ1n) is 6.76. The number of nitrogens with zero attached hydrogens (tertiary/aromatic N) is 1. The number of halogens is 1. The normalized spacial score (nSPS) is 37.4. The molecule has 3 atom stereocenters. The van der Waals surface area contributed by atoms with Crippen molar-refractivity contribution in [2.45, 2.75) is 78.0 Å². The number of rotatable bonds is 1. The van der Waals surface area contributed by atoms with E-state index in [1.807, 2.05) is 23.5 Å². The van der Waals surface area contributed by atoms with Gasteiger partial charge < -0.3 is 4.90 Å². The number of likely N-dealkylation sites (tertiary alicyclic amines) is 1. The van der Waals surface area contributed by atoms with E-state index in [9.17, 15) is 4.79 Å². The summed E-state index contributed by atoms with van der Waals surface area (Å²) in [4.78, 5) is 14.9. The highest BCUT2D eigenvalue weighted by atomic mass is 127. The Balaban J connectivity index is 2.35. The van der Waals surface area contributed by atoms with Crippen molar-refractivity contribution < 1.29 is 4.79 Å². The Morgan fingerprint density at radius 3 is 2.11 bits per heavy atom. The summed E-state index contributed by atoms with van der Waals surface area (Å²) in [5.74, 6) is 0.331. The Morgan fingerprint density at radius 1 is 1.16 bits per heavy atom. The van der Waals surface area contributed by atoms with E-state index in [0.29, 0.717) is 17.2 Å². The maximum absolute atomic E-state index is 12.8. The van der Waals surface area contributed by atoms with E-state index in [1.165, 1.54) is 0 Å². The molecule has 110 valence electrons. The van der Waals surface area contributed by atoms with E-state index >= 15 is 0 Å². The van der Waals surface area contributed by atoms with E-state index in [-0.39, 0.29) is 18.3 Å². The summed E-state index contributed by atoms with van der Waals surface area (Å²) in [5, 5.41) is 0.534. The molecule has 3 unspecified atom stereocenters. The van der Waals surface area contributed by atoms with E-state index in [0.717, 1.165) is 0 Å². The fourth-order valence-corrected chi connectivity index (χ4v) is 7.16. The van der Waals surface area contributed by atoms with Gasteiger partial charge in [0.1, 0.15) is 0 Å². The average Bonchev–Trinajstić information content (AvgIpc) is 2.39. The fourth-order valence-electron chi connectivity index (χ4n) is 2.84. The molecule has 2 rings (SSSR count). The monoisotopic (exact) mass is 413 g/mol. The van der Waals surface area contributed by atoms with Crippen LogP contribution in [0.25, 0.3) is 0 Å². The van der Waals surface area contributed by atoms with Crippen LogP contribution in [0.3, 0.4) is 0 Å². The van der Waals surface area contributed by atoms with Gasteiger partial charge in [-0.1, -0.05) is 22.6 Å². The number of thioether (sulfide) groups is 2. The lowest BCUT2D eigenvalue weighted by molar-refractivity contribution is -0.130. The van der Waals surface area contributed by atoms with Gasteiger partial charge in [-0.05, 0) is 48.5 Å². The van der Waals surface area contributed by atoms with Crippen molar-refractivity contribution in [3.63, 3.8) is 0 Å². The lowest BCUT2D eigenvalue weighted by Crippen LogP contribution is -2.50. The molecule has 5 heteroatoms.